The summed E-state index contributed by atoms with van der Waals surface area (Å²) >= 11 is 3.50. The van der Waals surface area contributed by atoms with E-state index in [0.717, 1.165) is 33.6 Å². The summed E-state index contributed by atoms with van der Waals surface area (Å²) in [5, 5.41) is 21.5. The smallest absolute Gasteiger partial charge is 0.305 e. The molecule has 0 saturated carbocycles. The van der Waals surface area contributed by atoms with Gasteiger partial charge in [0.15, 0.2) is 34.6 Å². The van der Waals surface area contributed by atoms with Crippen molar-refractivity contribution in [3.05, 3.63) is 154 Å². The molecule has 0 saturated heterocycles. The Morgan fingerprint density at radius 2 is 0.913 bits per heavy atom. The zero-order valence-corrected chi connectivity index (χ0v) is 61.1. The summed E-state index contributed by atoms with van der Waals surface area (Å²) in [6.45, 7) is 6.33. The number of nitrogens with one attached hydrogen (secondary N) is 4. The average molecular weight is 1490 g/mol. The fourth-order valence-corrected chi connectivity index (χ4v) is 12.8. The van der Waals surface area contributed by atoms with Gasteiger partial charge in [0, 0.05) is 116 Å². The lowest BCUT2D eigenvalue weighted by atomic mass is 9.99. The Labute approximate surface area is 611 Å². The molecule has 25 nitrogen and oxygen atoms in total. The van der Waals surface area contributed by atoms with Crippen molar-refractivity contribution in [3.8, 4) is 23.0 Å². The number of carbonyl (C=O) groups excluding carboxylic acids is 10. The molecule has 4 heterocycles. The minimum Gasteiger partial charge on any atom is -0.493 e. The van der Waals surface area contributed by atoms with Gasteiger partial charge < -0.3 is 54.8 Å². The Morgan fingerprint density at radius 1 is 0.519 bits per heavy atom. The van der Waals surface area contributed by atoms with Gasteiger partial charge in [0.1, 0.15) is 13.2 Å². The van der Waals surface area contributed by atoms with Crippen molar-refractivity contribution < 1.29 is 81.5 Å². The molecule has 4 aliphatic heterocycles. The highest BCUT2D eigenvalue weighted by molar-refractivity contribution is 9.08. The zero-order chi connectivity index (χ0) is 74.7. The number of aliphatic hydroxyl groups excluding tert-OH is 1. The average Bonchev–Trinajstić information content (AvgIpc) is 1.60. The largest absolute Gasteiger partial charge is 0.493 e. The molecule has 548 valence electrons. The maximum absolute atomic E-state index is 13.8. The molecular weight excluding hydrogens is 1400 g/mol. The number of alkyl halides is 1. The van der Waals surface area contributed by atoms with E-state index in [1.54, 1.807) is 98.5 Å². The van der Waals surface area contributed by atoms with Crippen molar-refractivity contribution in [2.45, 2.75) is 154 Å². The number of ether oxygens (including phenoxy) is 6. The summed E-state index contributed by atoms with van der Waals surface area (Å²) in [4.78, 5) is 139. The number of esters is 2. The number of unbranched alkanes of at least 4 members (excludes halogenated alkanes) is 2. The maximum atomic E-state index is 13.8. The summed E-state index contributed by atoms with van der Waals surface area (Å²) in [6, 6.07) is 31.1. The Bertz CT molecular complexity index is 4020. The van der Waals surface area contributed by atoms with Crippen molar-refractivity contribution in [2.75, 3.05) is 48.9 Å². The number of aliphatic hydroxyl groups is 1. The molecule has 0 bridgehead atoms. The van der Waals surface area contributed by atoms with Crippen LogP contribution in [0.1, 0.15) is 146 Å². The third kappa shape index (κ3) is 20.0. The summed E-state index contributed by atoms with van der Waals surface area (Å²) in [6.07, 6.45) is 7.58. The van der Waals surface area contributed by atoms with E-state index in [1.165, 1.54) is 28.4 Å². The van der Waals surface area contributed by atoms with Gasteiger partial charge in [0.05, 0.1) is 81.7 Å². The van der Waals surface area contributed by atoms with Crippen molar-refractivity contribution in [3.63, 3.8) is 0 Å². The topological polar surface area (TPSA) is 326 Å². The summed E-state index contributed by atoms with van der Waals surface area (Å²) in [5.41, 5.74) is 9.48. The van der Waals surface area contributed by atoms with Gasteiger partial charge in [-0.1, -0.05) is 72.2 Å². The standard InChI is InChI=1S/C39H43BrN4O8.C39H44N4O9/c1-23(13-33(45)24(2)42-36(46)11-7-8-12-37(47)51-4)38(48)43-28-15-25(20-40)14-26(16-28)22-52-35-19-31-30(18-34(35)50-3)39(49)44-29(21-41-31)17-27-9-5-6-10-32(27)44;1-23(13-33(45)24(2)41-36(46)11-7-8-12-37(47)51-4)38(48)42-28-15-25(21-44)14-26(16-28)22-52-35-19-31-30(18-34(35)50-3)39(49)43-29(20-40-31)17-27-9-5-6-10-32(27)43/h5-6,9-10,14-16,18-19,21,23-24,29H,7-8,11-13,17,20,22H2,1-4H3,(H,42,46)(H,43,48);5-6,9-10,14-16,18-20,23-24,29,44H,7-8,11-13,17,21-22H2,1-4H3,(H,41,46)(H,42,48)/t2*23-,24+,29+/m11/s1. The molecule has 0 spiro atoms. The van der Waals surface area contributed by atoms with Crippen LogP contribution in [0.15, 0.2) is 119 Å². The second-order valence-corrected chi connectivity index (χ2v) is 26.5. The van der Waals surface area contributed by atoms with E-state index in [0.29, 0.717) is 112 Å². The molecule has 4 aliphatic rings. The van der Waals surface area contributed by atoms with E-state index < -0.39 is 29.8 Å². The molecule has 6 aromatic carbocycles. The summed E-state index contributed by atoms with van der Waals surface area (Å²) < 4.78 is 32.8. The van der Waals surface area contributed by atoms with Crippen LogP contribution in [0, 0.1) is 11.8 Å². The minimum absolute atomic E-state index is 0.0413. The third-order valence-electron chi connectivity index (χ3n) is 18.2. The monoisotopic (exact) mass is 1490 g/mol. The number of ketones is 2. The number of carbonyl (C=O) groups is 10. The number of amides is 6. The normalized spacial score (nSPS) is 15.4. The van der Waals surface area contributed by atoms with Crippen LogP contribution in [-0.2, 0) is 85.8 Å². The first kappa shape index (κ1) is 77.6. The number of benzene rings is 6. The predicted molar refractivity (Wildman–Crippen MR) is 395 cm³/mol. The van der Waals surface area contributed by atoms with Crippen LogP contribution < -0.4 is 50.0 Å². The Kier molecular flexibility index (Phi) is 27.2. The molecule has 0 unspecified atom stereocenters. The molecule has 0 radical (unpaired) electrons. The number of para-hydroxylation sites is 2. The Hall–Kier alpha value is -10.6. The van der Waals surface area contributed by atoms with E-state index in [9.17, 15) is 53.1 Å². The number of hydrogen-bond acceptors (Lipinski definition) is 19. The van der Waals surface area contributed by atoms with Gasteiger partial charge in [-0.2, -0.15) is 0 Å². The number of fused-ring (bicyclic) bond motifs is 8. The van der Waals surface area contributed by atoms with Gasteiger partial charge in [0.25, 0.3) is 11.8 Å². The number of methoxy groups -OCH3 is 4. The lowest BCUT2D eigenvalue weighted by Crippen LogP contribution is -2.39. The van der Waals surface area contributed by atoms with Gasteiger partial charge in [-0.3, -0.25) is 67.7 Å². The first-order chi connectivity index (χ1) is 50.0. The fraction of sp³-hybridized carbons (Fsp3) is 0.385. The fourth-order valence-electron chi connectivity index (χ4n) is 12.5. The van der Waals surface area contributed by atoms with Crippen LogP contribution >= 0.6 is 15.9 Å². The van der Waals surface area contributed by atoms with E-state index in [-0.39, 0.29) is 123 Å². The quantitative estimate of drug-likeness (QED) is 0.0149. The number of anilines is 4. The lowest BCUT2D eigenvalue weighted by molar-refractivity contribution is -0.141. The number of aliphatic imine (C=N–C) groups is 2. The third-order valence-corrected chi connectivity index (χ3v) is 18.8. The van der Waals surface area contributed by atoms with Crippen molar-refractivity contribution >= 4 is 121 Å². The van der Waals surface area contributed by atoms with Crippen LogP contribution in [0.4, 0.5) is 34.1 Å². The van der Waals surface area contributed by atoms with E-state index in [1.807, 2.05) is 60.7 Å². The lowest BCUT2D eigenvalue weighted by Gasteiger charge is -2.22. The molecular formula is C78H87BrN8O17. The maximum Gasteiger partial charge on any atom is 0.305 e. The highest BCUT2D eigenvalue weighted by Gasteiger charge is 2.39. The van der Waals surface area contributed by atoms with E-state index in [4.69, 9.17) is 18.9 Å². The number of Topliss-reactive ketones (excluding diaryl/α,β-unsaturated/α-hetero) is 2. The molecule has 0 aliphatic carbocycles. The summed E-state index contributed by atoms with van der Waals surface area (Å²) in [7, 11) is 5.63. The predicted octanol–water partition coefficient (Wildman–Crippen LogP) is 11.1. The molecule has 26 heteroatoms. The number of rotatable bonds is 32. The zero-order valence-electron chi connectivity index (χ0n) is 59.5. The molecule has 10 rings (SSSR count). The Balaban J connectivity index is 0.000000241. The van der Waals surface area contributed by atoms with E-state index in [2.05, 4.69) is 56.7 Å². The number of hydrogen-bond donors (Lipinski definition) is 5. The molecule has 104 heavy (non-hydrogen) atoms. The molecule has 6 atom stereocenters. The van der Waals surface area contributed by atoms with Gasteiger partial charge >= 0.3 is 11.9 Å². The first-order valence-corrected chi connectivity index (χ1v) is 35.6. The van der Waals surface area contributed by atoms with Crippen LogP contribution in [0.3, 0.4) is 0 Å². The van der Waals surface area contributed by atoms with Gasteiger partial charge in [-0.25, -0.2) is 0 Å². The SMILES string of the molecule is COC(=O)CCCCC(=O)N[C@@H](C)C(=O)C[C@@H](C)C(=O)Nc1cc(CBr)cc(COc2cc3c(cc2OC)C(=O)N2c4ccccc4C[C@H]2C=N3)c1.COC(=O)CCCCC(=O)N[C@@H](C)C(=O)C[C@@H](C)C(=O)Nc1cc(CO)cc(COc2cc3c(cc2OC)C(=O)N2c4ccccc4C[C@H]2C=N3)c1. The van der Waals surface area contributed by atoms with Crippen LogP contribution in [-0.4, -0.2) is 129 Å². The molecule has 0 fully saturated rings. The molecule has 5 N–H and O–H groups in total. The number of nitrogens with zero attached hydrogens (tertiary/aromatic N) is 4. The van der Waals surface area contributed by atoms with Crippen molar-refractivity contribution in [2.24, 2.45) is 21.8 Å². The molecule has 6 aromatic rings. The van der Waals surface area contributed by atoms with E-state index >= 15 is 0 Å². The molecule has 6 amide bonds. The highest BCUT2D eigenvalue weighted by Crippen LogP contribution is 2.43. The van der Waals surface area contributed by atoms with Gasteiger partial charge in [-0.05, 0) is 128 Å². The van der Waals surface area contributed by atoms with Crippen molar-refractivity contribution in [1.82, 2.24) is 10.6 Å². The second-order valence-electron chi connectivity index (χ2n) is 26.0. The Morgan fingerprint density at radius 3 is 1.32 bits per heavy atom. The van der Waals surface area contributed by atoms with Gasteiger partial charge in [0.2, 0.25) is 23.6 Å². The van der Waals surface area contributed by atoms with Crippen molar-refractivity contribution in [1.29, 1.82) is 0 Å². The highest BCUT2D eigenvalue weighted by atomic mass is 79.9. The first-order valence-electron chi connectivity index (χ1n) is 34.4. The minimum atomic E-state index is -0.785. The van der Waals surface area contributed by atoms with Crippen LogP contribution in [0.5, 0.6) is 23.0 Å². The van der Waals surface area contributed by atoms with Gasteiger partial charge in [-0.15, -0.1) is 0 Å². The summed E-state index contributed by atoms with van der Waals surface area (Å²) in [5.74, 6) is -2.76. The number of halogens is 1. The van der Waals surface area contributed by atoms with Crippen LogP contribution in [0.2, 0.25) is 0 Å². The second kappa shape index (κ2) is 36.5. The van der Waals surface area contributed by atoms with Crippen LogP contribution in [0.25, 0.3) is 0 Å². The molecule has 0 aromatic heterocycles.